The topological polar surface area (TPSA) is 109 Å². The number of halogens is 1. The average molecular weight is 498 g/mol. The first-order valence-electron chi connectivity index (χ1n) is 9.71. The normalized spacial score (nSPS) is 13.1. The van der Waals surface area contributed by atoms with Gasteiger partial charge in [-0.1, -0.05) is 28.1 Å². The van der Waals surface area contributed by atoms with E-state index < -0.39 is 11.2 Å². The predicted molar refractivity (Wildman–Crippen MR) is 123 cm³/mol. The summed E-state index contributed by atoms with van der Waals surface area (Å²) in [6, 6.07) is 12.1. The third-order valence-corrected chi connectivity index (χ3v) is 5.60. The summed E-state index contributed by atoms with van der Waals surface area (Å²) in [6.07, 6.45) is 4.61. The molecule has 0 saturated heterocycles. The lowest BCUT2D eigenvalue weighted by Gasteiger charge is -2.17. The fourth-order valence-electron chi connectivity index (χ4n) is 3.42. The third-order valence-electron chi connectivity index (χ3n) is 5.11. The highest BCUT2D eigenvalue weighted by Gasteiger charge is 2.15. The van der Waals surface area contributed by atoms with Crippen LogP contribution in [0.3, 0.4) is 0 Å². The monoisotopic (exact) mass is 497 g/mol. The predicted octanol–water partition coefficient (Wildman–Crippen LogP) is 1.85. The molecule has 1 aliphatic heterocycles. The Morgan fingerprint density at radius 3 is 2.72 bits per heavy atom. The molecule has 0 unspecified atom stereocenters. The van der Waals surface area contributed by atoms with Gasteiger partial charge in [-0.3, -0.25) is 29.4 Å². The van der Waals surface area contributed by atoms with E-state index in [0.717, 1.165) is 25.3 Å². The van der Waals surface area contributed by atoms with Crippen molar-refractivity contribution in [1.82, 2.24) is 25.0 Å². The summed E-state index contributed by atoms with van der Waals surface area (Å²) in [5, 5.41) is 13.1. The Labute approximate surface area is 190 Å². The first-order chi connectivity index (χ1) is 15.3. The average Bonchev–Trinajstić information content (AvgIpc) is 2.79. The van der Waals surface area contributed by atoms with Crippen LogP contribution in [0.15, 0.2) is 80.6 Å². The Balaban J connectivity index is 1.65. The van der Waals surface area contributed by atoms with Gasteiger partial charge in [0, 0.05) is 29.8 Å². The van der Waals surface area contributed by atoms with Gasteiger partial charge in [-0.05, 0) is 47.5 Å². The van der Waals surface area contributed by atoms with Gasteiger partial charge in [0.1, 0.15) is 0 Å². The Bertz CT molecular complexity index is 1390. The molecule has 3 aromatic rings. The van der Waals surface area contributed by atoms with Crippen LogP contribution in [0.5, 0.6) is 0 Å². The number of rotatable bonds is 5. The summed E-state index contributed by atoms with van der Waals surface area (Å²) in [5.74, 6) is -0.362. The highest BCUT2D eigenvalue weighted by atomic mass is 79.9. The molecule has 0 spiro atoms. The Morgan fingerprint density at radius 1 is 1.19 bits per heavy atom. The van der Waals surface area contributed by atoms with E-state index in [4.69, 9.17) is 0 Å². The Morgan fingerprint density at radius 2 is 2.00 bits per heavy atom. The number of amides is 1. The van der Waals surface area contributed by atoms with Crippen molar-refractivity contribution >= 4 is 32.7 Å². The highest BCUT2D eigenvalue weighted by Crippen LogP contribution is 2.14. The van der Waals surface area contributed by atoms with Crippen LogP contribution in [0.2, 0.25) is 0 Å². The number of carbonyl (C=O) groups excluding carboxylic acids is 1. The second-order valence-electron chi connectivity index (χ2n) is 7.29. The molecule has 10 heteroatoms. The van der Waals surface area contributed by atoms with E-state index in [1.165, 1.54) is 16.8 Å². The van der Waals surface area contributed by atoms with Crippen molar-refractivity contribution in [2.24, 2.45) is 7.05 Å². The lowest BCUT2D eigenvalue weighted by atomic mass is 10.1. The summed E-state index contributed by atoms with van der Waals surface area (Å²) >= 11 is 3.40. The van der Waals surface area contributed by atoms with Gasteiger partial charge in [0.25, 0.3) is 11.5 Å². The molecule has 4 rings (SSSR count). The molecule has 0 saturated carbocycles. The molecule has 0 aliphatic carbocycles. The third kappa shape index (κ3) is 4.36. The van der Waals surface area contributed by atoms with Crippen LogP contribution < -0.4 is 22.0 Å². The number of aryl methyl sites for hydroxylation is 1. The van der Waals surface area contributed by atoms with Crippen molar-refractivity contribution in [3.63, 3.8) is 0 Å². The standard InChI is InChI=1S/C22H20BrN5O4/c1-26-19-6-5-16(20(29)24-11-15-7-8-28(32)25-12-15)10-18(19)21(30)27(22(26)31)13-14-3-2-4-17(23)9-14/h2-10,12,25,32H,11,13H2,1H3,(H,24,29). The highest BCUT2D eigenvalue weighted by molar-refractivity contribution is 9.10. The number of hydrazine groups is 1. The maximum atomic E-state index is 13.2. The SMILES string of the molecule is Cn1c(=O)n(Cc2cccc(Br)c2)c(=O)c2cc(C(=O)NCC3=CNN(O)C=C3)ccc21. The molecule has 0 atom stereocenters. The largest absolute Gasteiger partial charge is 0.348 e. The molecule has 1 aliphatic rings. The number of hydrogen-bond acceptors (Lipinski definition) is 6. The summed E-state index contributed by atoms with van der Waals surface area (Å²) in [4.78, 5) is 38.6. The van der Waals surface area contributed by atoms with Crippen LogP contribution in [-0.2, 0) is 13.6 Å². The maximum absolute atomic E-state index is 13.2. The fourth-order valence-corrected chi connectivity index (χ4v) is 3.86. The zero-order chi connectivity index (χ0) is 22.8. The van der Waals surface area contributed by atoms with Crippen LogP contribution in [0.4, 0.5) is 0 Å². The van der Waals surface area contributed by atoms with Crippen molar-refractivity contribution in [2.75, 3.05) is 6.54 Å². The van der Waals surface area contributed by atoms with Gasteiger partial charge >= 0.3 is 5.69 Å². The van der Waals surface area contributed by atoms with Gasteiger partial charge in [0.15, 0.2) is 0 Å². The zero-order valence-electron chi connectivity index (χ0n) is 17.1. The minimum atomic E-state index is -0.456. The molecule has 3 N–H and O–H groups in total. The zero-order valence-corrected chi connectivity index (χ0v) is 18.7. The van der Waals surface area contributed by atoms with E-state index in [-0.39, 0.29) is 24.4 Å². The van der Waals surface area contributed by atoms with E-state index in [0.29, 0.717) is 11.1 Å². The van der Waals surface area contributed by atoms with E-state index in [1.54, 1.807) is 31.5 Å². The minimum Gasteiger partial charge on any atom is -0.348 e. The van der Waals surface area contributed by atoms with Crippen LogP contribution >= 0.6 is 15.9 Å². The first kappa shape index (κ1) is 21.6. The summed E-state index contributed by atoms with van der Waals surface area (Å²) in [5.41, 5.74) is 4.00. The van der Waals surface area contributed by atoms with Crippen molar-refractivity contribution < 1.29 is 10.0 Å². The van der Waals surface area contributed by atoms with Crippen molar-refractivity contribution in [1.29, 1.82) is 0 Å². The minimum absolute atomic E-state index is 0.118. The lowest BCUT2D eigenvalue weighted by molar-refractivity contribution is -0.0763. The molecule has 1 amide bonds. The second-order valence-corrected chi connectivity index (χ2v) is 8.20. The van der Waals surface area contributed by atoms with Crippen molar-refractivity contribution in [3.05, 3.63) is 103 Å². The van der Waals surface area contributed by atoms with Crippen LogP contribution in [-0.4, -0.2) is 32.0 Å². The van der Waals surface area contributed by atoms with Gasteiger partial charge in [-0.15, -0.1) is 0 Å². The number of carbonyl (C=O) groups is 1. The lowest BCUT2D eigenvalue weighted by Crippen LogP contribution is -2.39. The summed E-state index contributed by atoms with van der Waals surface area (Å²) in [6.45, 7) is 0.348. The van der Waals surface area contributed by atoms with E-state index >= 15 is 0 Å². The number of aromatic nitrogens is 2. The quantitative estimate of drug-likeness (QED) is 0.496. The smallest absolute Gasteiger partial charge is 0.331 e. The molecule has 9 nitrogen and oxygen atoms in total. The molecule has 2 aromatic carbocycles. The molecule has 0 bridgehead atoms. The van der Waals surface area contributed by atoms with Gasteiger partial charge in [0.2, 0.25) is 0 Å². The molecule has 0 fully saturated rings. The molecule has 164 valence electrons. The molecule has 2 heterocycles. The van der Waals surface area contributed by atoms with Crippen LogP contribution in [0.1, 0.15) is 15.9 Å². The molecule has 0 radical (unpaired) electrons. The summed E-state index contributed by atoms with van der Waals surface area (Å²) in [7, 11) is 1.60. The molecule has 1 aromatic heterocycles. The van der Waals surface area contributed by atoms with Gasteiger partial charge < -0.3 is 5.32 Å². The van der Waals surface area contributed by atoms with Gasteiger partial charge in [-0.25, -0.2) is 4.79 Å². The van der Waals surface area contributed by atoms with E-state index in [9.17, 15) is 19.6 Å². The van der Waals surface area contributed by atoms with Crippen molar-refractivity contribution in [2.45, 2.75) is 6.54 Å². The van der Waals surface area contributed by atoms with E-state index in [2.05, 4.69) is 26.7 Å². The number of benzene rings is 2. The molecule has 32 heavy (non-hydrogen) atoms. The number of hydroxylamine groups is 1. The number of nitrogens with zero attached hydrogens (tertiary/aromatic N) is 3. The van der Waals surface area contributed by atoms with Gasteiger partial charge in [-0.2, -0.15) is 5.17 Å². The number of nitrogens with one attached hydrogen (secondary N) is 2. The Hall–Kier alpha value is -3.63. The second kappa shape index (κ2) is 8.85. The summed E-state index contributed by atoms with van der Waals surface area (Å²) < 4.78 is 3.42. The molecular formula is C22H20BrN5O4. The molecular weight excluding hydrogens is 478 g/mol. The maximum Gasteiger partial charge on any atom is 0.331 e. The fraction of sp³-hybridized carbons (Fsp3) is 0.136. The van der Waals surface area contributed by atoms with Crippen molar-refractivity contribution in [3.8, 4) is 0 Å². The number of hydrogen-bond donors (Lipinski definition) is 3. The van der Waals surface area contributed by atoms with Crippen LogP contribution in [0.25, 0.3) is 10.9 Å². The number of fused-ring (bicyclic) bond motifs is 1. The first-order valence-corrected chi connectivity index (χ1v) is 10.5. The van der Waals surface area contributed by atoms with Crippen LogP contribution in [0, 0.1) is 0 Å². The van der Waals surface area contributed by atoms with E-state index in [1.807, 2.05) is 24.3 Å². The Kier molecular flexibility index (Phi) is 5.97. The van der Waals surface area contributed by atoms with Gasteiger partial charge in [0.05, 0.1) is 23.6 Å².